The van der Waals surface area contributed by atoms with Crippen molar-refractivity contribution in [1.82, 2.24) is 0 Å². The summed E-state index contributed by atoms with van der Waals surface area (Å²) in [5, 5.41) is 11.0. The van der Waals surface area contributed by atoms with Gasteiger partial charge in [0.2, 0.25) is 5.75 Å². The molecule has 98 valence electrons. The second-order valence-electron chi connectivity index (χ2n) is 3.62. The maximum atomic E-state index is 11.0. The third-order valence-electron chi connectivity index (χ3n) is 2.40. The standard InChI is InChI=1S/C13H10ClNO4/c1-18-9-4-2-5-10(8-9)19-12-7-3-6-11(14)13(12)15(16)17/h2-8H,1H3. The van der Waals surface area contributed by atoms with E-state index < -0.39 is 4.92 Å². The summed E-state index contributed by atoms with van der Waals surface area (Å²) >= 11 is 5.80. The number of ether oxygens (including phenoxy) is 2. The largest absolute Gasteiger partial charge is 0.497 e. The van der Waals surface area contributed by atoms with Crippen molar-refractivity contribution in [3.8, 4) is 17.2 Å². The van der Waals surface area contributed by atoms with Gasteiger partial charge in [-0.05, 0) is 24.3 Å². The Labute approximate surface area is 114 Å². The molecule has 0 aromatic heterocycles. The van der Waals surface area contributed by atoms with Crippen molar-refractivity contribution in [2.24, 2.45) is 0 Å². The number of methoxy groups -OCH3 is 1. The summed E-state index contributed by atoms with van der Waals surface area (Å²) < 4.78 is 10.5. The van der Waals surface area contributed by atoms with Gasteiger partial charge in [-0.1, -0.05) is 23.7 Å². The summed E-state index contributed by atoms with van der Waals surface area (Å²) in [6, 6.07) is 11.3. The second-order valence-corrected chi connectivity index (χ2v) is 4.03. The van der Waals surface area contributed by atoms with E-state index in [1.165, 1.54) is 19.2 Å². The van der Waals surface area contributed by atoms with E-state index in [2.05, 4.69) is 0 Å². The Balaban J connectivity index is 2.38. The molecule has 0 radical (unpaired) electrons. The third kappa shape index (κ3) is 2.95. The number of rotatable bonds is 4. The van der Waals surface area contributed by atoms with Crippen LogP contribution in [0.25, 0.3) is 0 Å². The van der Waals surface area contributed by atoms with Crippen LogP contribution in [0.3, 0.4) is 0 Å². The summed E-state index contributed by atoms with van der Waals surface area (Å²) in [6.07, 6.45) is 0. The Morgan fingerprint density at radius 3 is 2.53 bits per heavy atom. The highest BCUT2D eigenvalue weighted by Crippen LogP contribution is 2.37. The summed E-state index contributed by atoms with van der Waals surface area (Å²) in [5.41, 5.74) is -0.257. The summed E-state index contributed by atoms with van der Waals surface area (Å²) in [7, 11) is 1.53. The van der Waals surface area contributed by atoms with E-state index in [9.17, 15) is 10.1 Å². The molecule has 2 aromatic carbocycles. The zero-order chi connectivity index (χ0) is 13.8. The summed E-state index contributed by atoms with van der Waals surface area (Å²) in [5.74, 6) is 1.12. The van der Waals surface area contributed by atoms with Gasteiger partial charge < -0.3 is 9.47 Å². The quantitative estimate of drug-likeness (QED) is 0.626. The van der Waals surface area contributed by atoms with Crippen LogP contribution in [-0.2, 0) is 0 Å². The number of nitro groups is 1. The minimum Gasteiger partial charge on any atom is -0.497 e. The lowest BCUT2D eigenvalue weighted by Gasteiger charge is -2.08. The molecule has 0 atom stereocenters. The summed E-state index contributed by atoms with van der Waals surface area (Å²) in [6.45, 7) is 0. The van der Waals surface area contributed by atoms with Crippen LogP contribution in [0.4, 0.5) is 5.69 Å². The molecule has 0 saturated carbocycles. The van der Waals surface area contributed by atoms with E-state index in [4.69, 9.17) is 21.1 Å². The number of nitro benzene ring substituents is 1. The van der Waals surface area contributed by atoms with Crippen LogP contribution in [0.2, 0.25) is 5.02 Å². The van der Waals surface area contributed by atoms with Gasteiger partial charge in [-0.15, -0.1) is 0 Å². The lowest BCUT2D eigenvalue weighted by Crippen LogP contribution is -1.94. The fraction of sp³-hybridized carbons (Fsp3) is 0.0769. The topological polar surface area (TPSA) is 61.6 Å². The Kier molecular flexibility index (Phi) is 3.87. The first-order chi connectivity index (χ1) is 9.11. The molecular formula is C13H10ClNO4. The SMILES string of the molecule is COc1cccc(Oc2cccc(Cl)c2[N+](=O)[O-])c1. The van der Waals surface area contributed by atoms with Crippen molar-refractivity contribution < 1.29 is 14.4 Å². The molecule has 0 unspecified atom stereocenters. The first-order valence-electron chi connectivity index (χ1n) is 5.36. The first-order valence-corrected chi connectivity index (χ1v) is 5.74. The van der Waals surface area contributed by atoms with Gasteiger partial charge in [0, 0.05) is 6.07 Å². The molecule has 2 aromatic rings. The van der Waals surface area contributed by atoms with E-state index in [0.717, 1.165) is 0 Å². The van der Waals surface area contributed by atoms with Crippen LogP contribution in [0.15, 0.2) is 42.5 Å². The van der Waals surface area contributed by atoms with E-state index in [1.54, 1.807) is 30.3 Å². The van der Waals surface area contributed by atoms with Crippen LogP contribution in [0, 0.1) is 10.1 Å². The summed E-state index contributed by atoms with van der Waals surface area (Å²) in [4.78, 5) is 10.4. The molecule has 0 amide bonds. The van der Waals surface area contributed by atoms with Gasteiger partial charge in [0.1, 0.15) is 16.5 Å². The van der Waals surface area contributed by atoms with Gasteiger partial charge in [-0.3, -0.25) is 10.1 Å². The Morgan fingerprint density at radius 1 is 1.16 bits per heavy atom. The molecule has 0 fully saturated rings. The minimum atomic E-state index is -0.572. The second kappa shape index (κ2) is 5.58. The molecule has 0 spiro atoms. The maximum Gasteiger partial charge on any atom is 0.329 e. The van der Waals surface area contributed by atoms with Gasteiger partial charge in [0.25, 0.3) is 0 Å². The predicted octanol–water partition coefficient (Wildman–Crippen LogP) is 4.05. The molecule has 0 N–H and O–H groups in total. The Hall–Kier alpha value is -2.27. The monoisotopic (exact) mass is 279 g/mol. The Morgan fingerprint density at radius 2 is 1.84 bits per heavy atom. The number of benzene rings is 2. The highest BCUT2D eigenvalue weighted by Gasteiger charge is 2.20. The molecule has 0 saturated heterocycles. The molecule has 2 rings (SSSR count). The molecule has 0 aliphatic rings. The molecular weight excluding hydrogens is 270 g/mol. The highest BCUT2D eigenvalue weighted by atomic mass is 35.5. The van der Waals surface area contributed by atoms with E-state index in [1.807, 2.05) is 0 Å². The van der Waals surface area contributed by atoms with Gasteiger partial charge in [0.05, 0.1) is 12.0 Å². The lowest BCUT2D eigenvalue weighted by atomic mass is 10.3. The fourth-order valence-corrected chi connectivity index (χ4v) is 1.78. The van der Waals surface area contributed by atoms with Crippen molar-refractivity contribution in [3.05, 3.63) is 57.6 Å². The highest BCUT2D eigenvalue weighted by molar-refractivity contribution is 6.32. The van der Waals surface area contributed by atoms with E-state index in [-0.39, 0.29) is 16.5 Å². The van der Waals surface area contributed by atoms with Crippen LogP contribution < -0.4 is 9.47 Å². The fourth-order valence-electron chi connectivity index (χ4n) is 1.55. The van der Waals surface area contributed by atoms with Crippen molar-refractivity contribution in [2.75, 3.05) is 7.11 Å². The lowest BCUT2D eigenvalue weighted by molar-refractivity contribution is -0.385. The Bertz CT molecular complexity index is 615. The normalized spacial score (nSPS) is 10.0. The maximum absolute atomic E-state index is 11.0. The van der Waals surface area contributed by atoms with Crippen molar-refractivity contribution in [1.29, 1.82) is 0 Å². The van der Waals surface area contributed by atoms with Crippen LogP contribution in [0.1, 0.15) is 0 Å². The molecule has 0 aliphatic heterocycles. The average molecular weight is 280 g/mol. The molecule has 19 heavy (non-hydrogen) atoms. The van der Waals surface area contributed by atoms with Gasteiger partial charge >= 0.3 is 5.69 Å². The van der Waals surface area contributed by atoms with Crippen molar-refractivity contribution in [3.63, 3.8) is 0 Å². The van der Waals surface area contributed by atoms with Crippen LogP contribution in [-0.4, -0.2) is 12.0 Å². The molecule has 0 bridgehead atoms. The molecule has 6 heteroatoms. The number of nitrogens with zero attached hydrogens (tertiary/aromatic N) is 1. The van der Waals surface area contributed by atoms with Crippen LogP contribution >= 0.6 is 11.6 Å². The zero-order valence-electron chi connectivity index (χ0n) is 10.00. The van der Waals surface area contributed by atoms with Crippen molar-refractivity contribution in [2.45, 2.75) is 0 Å². The number of halogens is 1. The number of hydrogen-bond donors (Lipinski definition) is 0. The molecule has 5 nitrogen and oxygen atoms in total. The third-order valence-corrected chi connectivity index (χ3v) is 2.71. The van der Waals surface area contributed by atoms with Gasteiger partial charge in [-0.2, -0.15) is 0 Å². The van der Waals surface area contributed by atoms with E-state index in [0.29, 0.717) is 11.5 Å². The minimum absolute atomic E-state index is 0.0328. The van der Waals surface area contributed by atoms with Gasteiger partial charge in [-0.25, -0.2) is 0 Å². The first kappa shape index (κ1) is 13.2. The molecule has 0 aliphatic carbocycles. The number of hydrogen-bond acceptors (Lipinski definition) is 4. The van der Waals surface area contributed by atoms with Crippen LogP contribution in [0.5, 0.6) is 17.2 Å². The number of para-hydroxylation sites is 1. The smallest absolute Gasteiger partial charge is 0.329 e. The molecule has 0 heterocycles. The average Bonchev–Trinajstić information content (AvgIpc) is 2.38. The zero-order valence-corrected chi connectivity index (χ0v) is 10.8. The predicted molar refractivity (Wildman–Crippen MR) is 71.2 cm³/mol. The van der Waals surface area contributed by atoms with Crippen molar-refractivity contribution >= 4 is 17.3 Å². The van der Waals surface area contributed by atoms with E-state index >= 15 is 0 Å². The van der Waals surface area contributed by atoms with Gasteiger partial charge in [0.15, 0.2) is 0 Å².